The Bertz CT molecular complexity index is 1330. The van der Waals surface area contributed by atoms with Gasteiger partial charge in [-0.25, -0.2) is 13.8 Å². The van der Waals surface area contributed by atoms with Crippen molar-refractivity contribution in [2.45, 2.75) is 18.7 Å². The monoisotopic (exact) mass is 519 g/mol. The maximum absolute atomic E-state index is 13.5. The highest BCUT2D eigenvalue weighted by Gasteiger charge is 2.29. The highest BCUT2D eigenvalue weighted by atomic mass is 35.5. The molecule has 0 saturated carbocycles. The smallest absolute Gasteiger partial charge is 0.264 e. The summed E-state index contributed by atoms with van der Waals surface area (Å²) in [6, 6.07) is 16.4. The Morgan fingerprint density at radius 1 is 1.00 bits per heavy atom. The Morgan fingerprint density at radius 2 is 1.68 bits per heavy atom. The summed E-state index contributed by atoms with van der Waals surface area (Å²) in [6.07, 6.45) is 1.38. The van der Waals surface area contributed by atoms with Gasteiger partial charge in [0.2, 0.25) is 0 Å². The number of benzene rings is 3. The van der Waals surface area contributed by atoms with E-state index < -0.39 is 22.5 Å². The predicted molar refractivity (Wildman–Crippen MR) is 136 cm³/mol. The van der Waals surface area contributed by atoms with Crippen molar-refractivity contribution in [2.24, 2.45) is 5.10 Å². The molecule has 0 atom stereocenters. The molecular weight excluding hydrogens is 497 g/mol. The number of hydrogen-bond acceptors (Lipinski definition) is 5. The van der Waals surface area contributed by atoms with E-state index in [1.807, 2.05) is 13.8 Å². The number of anilines is 1. The van der Waals surface area contributed by atoms with E-state index in [1.54, 1.807) is 48.5 Å². The zero-order valence-electron chi connectivity index (χ0n) is 18.7. The summed E-state index contributed by atoms with van der Waals surface area (Å²) in [7, 11) is -2.66. The fraction of sp³-hybridized carbons (Fsp3) is 0.167. The molecule has 0 aromatic heterocycles. The summed E-state index contributed by atoms with van der Waals surface area (Å²) < 4.78 is 33.5. The van der Waals surface area contributed by atoms with Gasteiger partial charge in [0.1, 0.15) is 12.3 Å². The standard InChI is InChI=1S/C24H23Cl2N3O4S/c1-16-4-8-19(9-5-16)34(31,32)29(22-12-17(2)6-11-23(22)33-3)15-24(30)28-27-14-18-7-10-20(25)21(26)13-18/h4-14H,15H2,1-3H3,(H,28,30)/b27-14-. The van der Waals surface area contributed by atoms with Gasteiger partial charge in [-0.3, -0.25) is 9.10 Å². The molecule has 0 unspecified atom stereocenters. The van der Waals surface area contributed by atoms with E-state index >= 15 is 0 Å². The van der Waals surface area contributed by atoms with Gasteiger partial charge in [-0.2, -0.15) is 5.10 Å². The normalized spacial score (nSPS) is 11.4. The lowest BCUT2D eigenvalue weighted by Gasteiger charge is -2.25. The Hall–Kier alpha value is -3.07. The van der Waals surface area contributed by atoms with Crippen LogP contribution in [-0.4, -0.2) is 34.2 Å². The number of nitrogens with one attached hydrogen (secondary N) is 1. The molecule has 0 aliphatic carbocycles. The molecule has 0 aliphatic heterocycles. The van der Waals surface area contributed by atoms with E-state index in [2.05, 4.69) is 10.5 Å². The first-order chi connectivity index (χ1) is 16.1. The summed E-state index contributed by atoms with van der Waals surface area (Å²) >= 11 is 11.9. The maximum Gasteiger partial charge on any atom is 0.264 e. The number of hydrogen-bond donors (Lipinski definition) is 1. The number of carbonyl (C=O) groups is 1. The number of methoxy groups -OCH3 is 1. The van der Waals surface area contributed by atoms with Crippen molar-refractivity contribution in [3.05, 3.63) is 87.4 Å². The molecule has 34 heavy (non-hydrogen) atoms. The van der Waals surface area contributed by atoms with Crippen LogP contribution in [0.15, 0.2) is 70.7 Å². The van der Waals surface area contributed by atoms with Crippen molar-refractivity contribution in [2.75, 3.05) is 18.0 Å². The van der Waals surface area contributed by atoms with Crippen LogP contribution >= 0.6 is 23.2 Å². The first kappa shape index (κ1) is 25.6. The van der Waals surface area contributed by atoms with E-state index in [0.717, 1.165) is 15.4 Å². The molecule has 0 fully saturated rings. The molecule has 0 saturated heterocycles. The lowest BCUT2D eigenvalue weighted by Crippen LogP contribution is -2.39. The van der Waals surface area contributed by atoms with Gasteiger partial charge in [0.25, 0.3) is 15.9 Å². The minimum absolute atomic E-state index is 0.0498. The molecule has 3 aromatic rings. The second-order valence-electron chi connectivity index (χ2n) is 7.47. The molecule has 10 heteroatoms. The topological polar surface area (TPSA) is 88.1 Å². The summed E-state index contributed by atoms with van der Waals surface area (Å²) in [5, 5.41) is 4.65. The quantitative estimate of drug-likeness (QED) is 0.336. The average molecular weight is 520 g/mol. The minimum Gasteiger partial charge on any atom is -0.495 e. The summed E-state index contributed by atoms with van der Waals surface area (Å²) in [4.78, 5) is 12.8. The number of nitrogens with zero attached hydrogens (tertiary/aromatic N) is 2. The van der Waals surface area contributed by atoms with E-state index in [1.165, 1.54) is 25.5 Å². The third-order valence-electron chi connectivity index (χ3n) is 4.85. The number of carbonyl (C=O) groups excluding carboxylic acids is 1. The summed E-state index contributed by atoms with van der Waals surface area (Å²) in [5.41, 5.74) is 4.92. The number of sulfonamides is 1. The number of ether oxygens (including phenoxy) is 1. The lowest BCUT2D eigenvalue weighted by molar-refractivity contribution is -0.119. The third-order valence-corrected chi connectivity index (χ3v) is 7.36. The van der Waals surface area contributed by atoms with E-state index in [0.29, 0.717) is 21.4 Å². The van der Waals surface area contributed by atoms with Crippen molar-refractivity contribution in [1.82, 2.24) is 5.43 Å². The molecule has 0 heterocycles. The Morgan fingerprint density at radius 3 is 2.32 bits per heavy atom. The molecule has 3 rings (SSSR count). The van der Waals surface area contributed by atoms with E-state index in [-0.39, 0.29) is 10.6 Å². The molecule has 3 aromatic carbocycles. The number of amides is 1. The molecule has 0 bridgehead atoms. The summed E-state index contributed by atoms with van der Waals surface area (Å²) in [6.45, 7) is 3.16. The van der Waals surface area contributed by atoms with Gasteiger partial charge in [0.05, 0.1) is 34.0 Å². The molecular formula is C24H23Cl2N3O4S. The molecule has 0 radical (unpaired) electrons. The highest BCUT2D eigenvalue weighted by molar-refractivity contribution is 7.92. The Kier molecular flexibility index (Phi) is 8.19. The van der Waals surface area contributed by atoms with Gasteiger partial charge in [-0.15, -0.1) is 0 Å². The van der Waals surface area contributed by atoms with Crippen LogP contribution in [0.25, 0.3) is 0 Å². The van der Waals surface area contributed by atoms with Gasteiger partial charge < -0.3 is 4.74 Å². The van der Waals surface area contributed by atoms with Crippen LogP contribution < -0.4 is 14.5 Å². The molecule has 0 aliphatic rings. The first-order valence-corrected chi connectivity index (χ1v) is 12.3. The fourth-order valence-electron chi connectivity index (χ4n) is 3.07. The largest absolute Gasteiger partial charge is 0.495 e. The number of hydrazone groups is 1. The average Bonchev–Trinajstić information content (AvgIpc) is 2.80. The summed E-state index contributed by atoms with van der Waals surface area (Å²) in [5.74, 6) is -0.330. The van der Waals surface area contributed by atoms with Crippen LogP contribution in [0.5, 0.6) is 5.75 Å². The predicted octanol–water partition coefficient (Wildman–Crippen LogP) is 4.96. The van der Waals surface area contributed by atoms with Crippen LogP contribution in [0.2, 0.25) is 10.0 Å². The number of rotatable bonds is 8. The second-order valence-corrected chi connectivity index (χ2v) is 10.1. The van der Waals surface area contributed by atoms with E-state index in [9.17, 15) is 13.2 Å². The van der Waals surface area contributed by atoms with Gasteiger partial charge in [-0.05, 0) is 61.4 Å². The molecule has 0 spiro atoms. The minimum atomic E-state index is -4.09. The Balaban J connectivity index is 1.91. The van der Waals surface area contributed by atoms with Gasteiger partial charge in [-0.1, -0.05) is 53.0 Å². The molecule has 1 N–H and O–H groups in total. The van der Waals surface area contributed by atoms with Crippen molar-refractivity contribution < 1.29 is 17.9 Å². The van der Waals surface area contributed by atoms with Crippen LogP contribution in [-0.2, 0) is 14.8 Å². The maximum atomic E-state index is 13.5. The second kappa shape index (κ2) is 10.9. The first-order valence-electron chi connectivity index (χ1n) is 10.1. The van der Waals surface area contributed by atoms with Gasteiger partial charge in [0, 0.05) is 0 Å². The van der Waals surface area contributed by atoms with Crippen LogP contribution in [0.3, 0.4) is 0 Å². The number of halogens is 2. The van der Waals surface area contributed by atoms with Crippen molar-refractivity contribution >= 4 is 51.0 Å². The Labute approximate surface area is 209 Å². The van der Waals surface area contributed by atoms with Crippen LogP contribution in [0.4, 0.5) is 5.69 Å². The molecule has 1 amide bonds. The molecule has 178 valence electrons. The zero-order chi connectivity index (χ0) is 24.9. The highest BCUT2D eigenvalue weighted by Crippen LogP contribution is 2.33. The van der Waals surface area contributed by atoms with Gasteiger partial charge >= 0.3 is 0 Å². The van der Waals surface area contributed by atoms with Crippen molar-refractivity contribution in [1.29, 1.82) is 0 Å². The molecule has 7 nitrogen and oxygen atoms in total. The van der Waals surface area contributed by atoms with E-state index in [4.69, 9.17) is 27.9 Å². The van der Waals surface area contributed by atoms with Crippen LogP contribution in [0.1, 0.15) is 16.7 Å². The van der Waals surface area contributed by atoms with Gasteiger partial charge in [0.15, 0.2) is 0 Å². The fourth-order valence-corrected chi connectivity index (χ4v) is 4.80. The van der Waals surface area contributed by atoms with Crippen molar-refractivity contribution in [3.8, 4) is 5.75 Å². The third kappa shape index (κ3) is 6.08. The number of aryl methyl sites for hydroxylation is 2. The van der Waals surface area contributed by atoms with Crippen LogP contribution in [0, 0.1) is 13.8 Å². The SMILES string of the molecule is COc1ccc(C)cc1N(CC(=O)N/N=C\c1ccc(Cl)c(Cl)c1)S(=O)(=O)c1ccc(C)cc1. The lowest BCUT2D eigenvalue weighted by atomic mass is 10.2. The van der Waals surface area contributed by atoms with Crippen molar-refractivity contribution in [3.63, 3.8) is 0 Å². The zero-order valence-corrected chi connectivity index (χ0v) is 21.1.